The van der Waals surface area contributed by atoms with E-state index in [1.807, 2.05) is 0 Å². The van der Waals surface area contributed by atoms with Crippen LogP contribution in [0, 0.1) is 0 Å². The summed E-state index contributed by atoms with van der Waals surface area (Å²) in [6, 6.07) is 1.91. The quantitative estimate of drug-likeness (QED) is 0.602. The van der Waals surface area contributed by atoms with Gasteiger partial charge in [0.05, 0.1) is 6.54 Å². The molecule has 0 atom stereocenters. The fourth-order valence-electron chi connectivity index (χ4n) is 1.35. The normalized spacial score (nSPS) is 14.4. The minimum atomic E-state index is -0.265. The molecule has 4 N–H and O–H groups in total. The largest absolute Gasteiger partial charge is 0.382 e. The van der Waals surface area contributed by atoms with Crippen molar-refractivity contribution in [3.8, 4) is 0 Å². The average Bonchev–Trinajstić information content (AvgIpc) is 2.99. The van der Waals surface area contributed by atoms with Crippen LogP contribution in [-0.2, 0) is 16.1 Å². The highest BCUT2D eigenvalue weighted by molar-refractivity contribution is 5.84. The SMILES string of the molecule is Nc1ccn(CC(=O)NCC(=O)NC2CC2)n1. The first-order valence-corrected chi connectivity index (χ1v) is 5.48. The third-order valence-electron chi connectivity index (χ3n) is 2.36. The second kappa shape index (κ2) is 4.86. The summed E-state index contributed by atoms with van der Waals surface area (Å²) in [4.78, 5) is 22.7. The predicted molar refractivity (Wildman–Crippen MR) is 60.8 cm³/mol. The first kappa shape index (κ1) is 11.4. The lowest BCUT2D eigenvalue weighted by atomic mass is 10.5. The number of hydrogen-bond acceptors (Lipinski definition) is 4. The Morgan fingerprint density at radius 1 is 1.47 bits per heavy atom. The molecule has 0 radical (unpaired) electrons. The highest BCUT2D eigenvalue weighted by atomic mass is 16.2. The van der Waals surface area contributed by atoms with Gasteiger partial charge in [0.1, 0.15) is 12.4 Å². The molecule has 1 aliphatic rings. The molecular weight excluding hydrogens is 222 g/mol. The fourth-order valence-corrected chi connectivity index (χ4v) is 1.35. The highest BCUT2D eigenvalue weighted by Gasteiger charge is 2.23. The number of nitrogens with two attached hydrogens (primary N) is 1. The molecule has 0 spiro atoms. The van der Waals surface area contributed by atoms with Gasteiger partial charge in [0.25, 0.3) is 0 Å². The van der Waals surface area contributed by atoms with Crippen molar-refractivity contribution in [3.63, 3.8) is 0 Å². The Morgan fingerprint density at radius 3 is 2.82 bits per heavy atom. The Labute approximate surface area is 98.4 Å². The molecule has 1 heterocycles. The van der Waals surface area contributed by atoms with Crippen molar-refractivity contribution >= 4 is 17.6 Å². The number of rotatable bonds is 5. The van der Waals surface area contributed by atoms with Crippen molar-refractivity contribution in [2.24, 2.45) is 0 Å². The van der Waals surface area contributed by atoms with Gasteiger partial charge in [-0.2, -0.15) is 5.10 Å². The second-order valence-corrected chi connectivity index (χ2v) is 4.06. The zero-order chi connectivity index (χ0) is 12.3. The van der Waals surface area contributed by atoms with Gasteiger partial charge in [-0.15, -0.1) is 0 Å². The molecule has 1 saturated carbocycles. The van der Waals surface area contributed by atoms with Crippen LogP contribution in [0.25, 0.3) is 0 Å². The maximum atomic E-state index is 11.4. The number of nitrogens with one attached hydrogen (secondary N) is 2. The van der Waals surface area contributed by atoms with E-state index in [-0.39, 0.29) is 24.9 Å². The number of amides is 2. The average molecular weight is 237 g/mol. The second-order valence-electron chi connectivity index (χ2n) is 4.06. The number of aromatic nitrogens is 2. The molecule has 0 saturated heterocycles. The van der Waals surface area contributed by atoms with E-state index in [0.717, 1.165) is 12.8 Å². The molecule has 1 fully saturated rings. The first-order valence-electron chi connectivity index (χ1n) is 5.48. The van der Waals surface area contributed by atoms with Crippen LogP contribution >= 0.6 is 0 Å². The van der Waals surface area contributed by atoms with E-state index in [2.05, 4.69) is 15.7 Å². The van der Waals surface area contributed by atoms with Crippen molar-refractivity contribution in [2.75, 3.05) is 12.3 Å². The number of anilines is 1. The molecule has 0 bridgehead atoms. The molecule has 1 aromatic rings. The molecule has 1 aliphatic carbocycles. The topological polar surface area (TPSA) is 102 Å². The highest BCUT2D eigenvalue weighted by Crippen LogP contribution is 2.18. The van der Waals surface area contributed by atoms with Crippen LogP contribution in [0.2, 0.25) is 0 Å². The Hall–Kier alpha value is -2.05. The molecule has 92 valence electrons. The summed E-state index contributed by atoms with van der Waals surface area (Å²) >= 11 is 0. The summed E-state index contributed by atoms with van der Waals surface area (Å²) in [6.45, 7) is 0.0694. The van der Waals surface area contributed by atoms with Crippen LogP contribution in [0.15, 0.2) is 12.3 Å². The van der Waals surface area contributed by atoms with E-state index in [1.165, 1.54) is 4.68 Å². The van der Waals surface area contributed by atoms with Crippen molar-refractivity contribution in [1.82, 2.24) is 20.4 Å². The van der Waals surface area contributed by atoms with E-state index >= 15 is 0 Å². The molecule has 1 aromatic heterocycles. The molecule has 7 heteroatoms. The lowest BCUT2D eigenvalue weighted by Crippen LogP contribution is -2.39. The third-order valence-corrected chi connectivity index (χ3v) is 2.36. The number of nitrogens with zero attached hydrogens (tertiary/aromatic N) is 2. The summed E-state index contributed by atoms with van der Waals surface area (Å²) in [5.41, 5.74) is 5.41. The monoisotopic (exact) mass is 237 g/mol. The van der Waals surface area contributed by atoms with Crippen molar-refractivity contribution in [1.29, 1.82) is 0 Å². The molecular formula is C10H15N5O2. The summed E-state index contributed by atoms with van der Waals surface area (Å²) < 4.78 is 1.42. The standard InChI is InChI=1S/C10H15N5O2/c11-8-3-4-15(14-8)6-10(17)12-5-9(16)13-7-1-2-7/h3-4,7H,1-2,5-6H2,(H2,11,14)(H,12,17)(H,13,16). The molecule has 0 unspecified atom stereocenters. The maximum Gasteiger partial charge on any atom is 0.242 e. The number of carbonyl (C=O) groups excluding carboxylic acids is 2. The Morgan fingerprint density at radius 2 is 2.24 bits per heavy atom. The van der Waals surface area contributed by atoms with Gasteiger partial charge >= 0.3 is 0 Å². The number of nitrogen functional groups attached to an aromatic ring is 1. The lowest BCUT2D eigenvalue weighted by molar-refractivity contribution is -0.126. The maximum absolute atomic E-state index is 11.4. The van der Waals surface area contributed by atoms with E-state index in [9.17, 15) is 9.59 Å². The van der Waals surface area contributed by atoms with Gasteiger partial charge in [-0.1, -0.05) is 0 Å². The summed E-state index contributed by atoms with van der Waals surface area (Å²) in [5, 5.41) is 9.17. The summed E-state index contributed by atoms with van der Waals surface area (Å²) in [6.07, 6.45) is 3.68. The van der Waals surface area contributed by atoms with Crippen LogP contribution in [0.4, 0.5) is 5.82 Å². The Bertz CT molecular complexity index is 424. The zero-order valence-electron chi connectivity index (χ0n) is 9.35. The molecule has 17 heavy (non-hydrogen) atoms. The number of hydrogen-bond donors (Lipinski definition) is 3. The van der Waals surface area contributed by atoms with Crippen LogP contribution in [0.5, 0.6) is 0 Å². The van der Waals surface area contributed by atoms with Gasteiger partial charge in [-0.05, 0) is 18.9 Å². The van der Waals surface area contributed by atoms with E-state index in [4.69, 9.17) is 5.73 Å². The number of carbonyl (C=O) groups is 2. The van der Waals surface area contributed by atoms with E-state index < -0.39 is 0 Å². The molecule has 0 aromatic carbocycles. The van der Waals surface area contributed by atoms with E-state index in [1.54, 1.807) is 12.3 Å². The fraction of sp³-hybridized carbons (Fsp3) is 0.500. The molecule has 7 nitrogen and oxygen atoms in total. The van der Waals surface area contributed by atoms with Crippen LogP contribution in [0.1, 0.15) is 12.8 Å². The van der Waals surface area contributed by atoms with Gasteiger partial charge in [0.15, 0.2) is 0 Å². The smallest absolute Gasteiger partial charge is 0.242 e. The van der Waals surface area contributed by atoms with Gasteiger partial charge in [0, 0.05) is 12.2 Å². The predicted octanol–water partition coefficient (Wildman–Crippen LogP) is -1.14. The Kier molecular flexibility index (Phi) is 3.27. The van der Waals surface area contributed by atoms with Crippen LogP contribution in [-0.4, -0.2) is 34.2 Å². The molecule has 0 aliphatic heterocycles. The molecule has 2 amide bonds. The van der Waals surface area contributed by atoms with Gasteiger partial charge in [0.2, 0.25) is 11.8 Å². The van der Waals surface area contributed by atoms with Gasteiger partial charge in [-0.25, -0.2) is 0 Å². The summed E-state index contributed by atoms with van der Waals surface area (Å²) in [7, 11) is 0. The third kappa shape index (κ3) is 3.78. The van der Waals surface area contributed by atoms with Crippen LogP contribution in [0.3, 0.4) is 0 Å². The minimum absolute atomic E-state index is 0.00604. The Balaban J connectivity index is 1.68. The van der Waals surface area contributed by atoms with Crippen molar-refractivity contribution < 1.29 is 9.59 Å². The minimum Gasteiger partial charge on any atom is -0.382 e. The van der Waals surface area contributed by atoms with Crippen molar-refractivity contribution in [3.05, 3.63) is 12.3 Å². The van der Waals surface area contributed by atoms with E-state index in [0.29, 0.717) is 11.9 Å². The lowest BCUT2D eigenvalue weighted by Gasteiger charge is -2.05. The van der Waals surface area contributed by atoms with Gasteiger partial charge < -0.3 is 16.4 Å². The molecule has 2 rings (SSSR count). The van der Waals surface area contributed by atoms with Crippen LogP contribution < -0.4 is 16.4 Å². The zero-order valence-corrected chi connectivity index (χ0v) is 9.35. The van der Waals surface area contributed by atoms with Gasteiger partial charge in [-0.3, -0.25) is 14.3 Å². The first-order chi connectivity index (χ1) is 8.13. The summed E-state index contributed by atoms with van der Waals surface area (Å²) in [5.74, 6) is -0.0517. The van der Waals surface area contributed by atoms with Crippen molar-refractivity contribution in [2.45, 2.75) is 25.4 Å².